The lowest BCUT2D eigenvalue weighted by Gasteiger charge is -2.15. The SMILES string of the molecule is CCC(NC(=O)c1ccc2nc(-c3cc(-c4cccnc4OC)ccc3O)[nH]c2c1)c1cnn(C)c1. The molecule has 1 atom stereocenters. The summed E-state index contributed by atoms with van der Waals surface area (Å²) in [6.45, 7) is 2.02. The highest BCUT2D eigenvalue weighted by Gasteiger charge is 2.18. The number of aromatic amines is 1. The van der Waals surface area contributed by atoms with Crippen molar-refractivity contribution in [1.82, 2.24) is 30.0 Å². The molecule has 5 aromatic rings. The van der Waals surface area contributed by atoms with Gasteiger partial charge >= 0.3 is 0 Å². The Labute approximate surface area is 207 Å². The van der Waals surface area contributed by atoms with Crippen LogP contribution >= 0.6 is 0 Å². The van der Waals surface area contributed by atoms with Gasteiger partial charge in [-0.2, -0.15) is 5.10 Å². The molecule has 0 spiro atoms. The number of phenolic OH excluding ortho intramolecular Hbond substituents is 1. The molecule has 3 aromatic heterocycles. The molecule has 2 aromatic carbocycles. The van der Waals surface area contributed by atoms with Crippen LogP contribution in [0.2, 0.25) is 0 Å². The van der Waals surface area contributed by atoms with Gasteiger partial charge < -0.3 is 20.1 Å². The Morgan fingerprint density at radius 2 is 2.06 bits per heavy atom. The number of rotatable bonds is 7. The van der Waals surface area contributed by atoms with Crippen molar-refractivity contribution in [2.24, 2.45) is 7.05 Å². The number of aromatic nitrogens is 5. The molecule has 182 valence electrons. The number of aromatic hydroxyl groups is 1. The van der Waals surface area contributed by atoms with Gasteiger partial charge in [-0.1, -0.05) is 13.0 Å². The molecule has 0 bridgehead atoms. The van der Waals surface area contributed by atoms with Gasteiger partial charge in [-0.15, -0.1) is 0 Å². The Morgan fingerprint density at radius 3 is 2.81 bits per heavy atom. The van der Waals surface area contributed by atoms with E-state index in [-0.39, 0.29) is 17.7 Å². The van der Waals surface area contributed by atoms with E-state index in [0.29, 0.717) is 33.9 Å². The maximum absolute atomic E-state index is 13.0. The molecule has 1 amide bonds. The number of methoxy groups -OCH3 is 1. The van der Waals surface area contributed by atoms with E-state index >= 15 is 0 Å². The van der Waals surface area contributed by atoms with Gasteiger partial charge in [-0.25, -0.2) is 9.97 Å². The molecule has 0 radical (unpaired) electrons. The van der Waals surface area contributed by atoms with Crippen molar-refractivity contribution in [2.75, 3.05) is 7.11 Å². The van der Waals surface area contributed by atoms with Gasteiger partial charge in [0, 0.05) is 36.1 Å². The number of amides is 1. The molecule has 1 unspecified atom stereocenters. The monoisotopic (exact) mass is 482 g/mol. The smallest absolute Gasteiger partial charge is 0.251 e. The molecule has 0 aliphatic heterocycles. The second-order valence-corrected chi connectivity index (χ2v) is 8.49. The zero-order chi connectivity index (χ0) is 25.2. The largest absolute Gasteiger partial charge is 0.507 e. The van der Waals surface area contributed by atoms with Crippen LogP contribution in [0.25, 0.3) is 33.5 Å². The first-order valence-corrected chi connectivity index (χ1v) is 11.6. The average molecular weight is 483 g/mol. The number of nitrogens with one attached hydrogen (secondary N) is 2. The van der Waals surface area contributed by atoms with Gasteiger partial charge in [0.05, 0.1) is 35.9 Å². The number of carbonyl (C=O) groups is 1. The van der Waals surface area contributed by atoms with Gasteiger partial charge in [-0.05, 0) is 54.4 Å². The highest BCUT2D eigenvalue weighted by molar-refractivity contribution is 5.98. The number of nitrogens with zero attached hydrogens (tertiary/aromatic N) is 4. The molecule has 36 heavy (non-hydrogen) atoms. The molecule has 0 aliphatic rings. The number of aryl methyl sites for hydroxylation is 1. The van der Waals surface area contributed by atoms with Crippen molar-refractivity contribution in [2.45, 2.75) is 19.4 Å². The molecule has 3 heterocycles. The first kappa shape index (κ1) is 23.1. The van der Waals surface area contributed by atoms with Crippen LogP contribution in [0.15, 0.2) is 67.1 Å². The zero-order valence-corrected chi connectivity index (χ0v) is 20.2. The summed E-state index contributed by atoms with van der Waals surface area (Å²) >= 11 is 0. The summed E-state index contributed by atoms with van der Waals surface area (Å²) in [5, 5.41) is 17.9. The van der Waals surface area contributed by atoms with Gasteiger partial charge in [0.2, 0.25) is 5.88 Å². The minimum absolute atomic E-state index is 0.0842. The quantitative estimate of drug-likeness (QED) is 0.312. The maximum atomic E-state index is 13.0. The predicted octanol–water partition coefficient (Wildman–Crippen LogP) is 4.62. The van der Waals surface area contributed by atoms with E-state index in [4.69, 9.17) is 4.74 Å². The third-order valence-electron chi connectivity index (χ3n) is 6.11. The fourth-order valence-corrected chi connectivity index (χ4v) is 4.23. The van der Waals surface area contributed by atoms with Crippen LogP contribution in [0.1, 0.15) is 35.3 Å². The summed E-state index contributed by atoms with van der Waals surface area (Å²) in [4.78, 5) is 25.1. The minimum Gasteiger partial charge on any atom is -0.507 e. The number of hydrogen-bond donors (Lipinski definition) is 3. The highest BCUT2D eigenvalue weighted by atomic mass is 16.5. The summed E-state index contributed by atoms with van der Waals surface area (Å²) in [5.74, 6) is 0.885. The van der Waals surface area contributed by atoms with E-state index in [1.807, 2.05) is 38.4 Å². The second kappa shape index (κ2) is 9.53. The Morgan fingerprint density at radius 1 is 1.19 bits per heavy atom. The molecule has 9 nitrogen and oxygen atoms in total. The van der Waals surface area contributed by atoms with Crippen LogP contribution in [0, 0.1) is 0 Å². The average Bonchev–Trinajstić information content (AvgIpc) is 3.53. The number of imidazole rings is 1. The van der Waals surface area contributed by atoms with Gasteiger partial charge in [0.25, 0.3) is 5.91 Å². The van der Waals surface area contributed by atoms with Crippen molar-refractivity contribution >= 4 is 16.9 Å². The second-order valence-electron chi connectivity index (χ2n) is 8.49. The highest BCUT2D eigenvalue weighted by Crippen LogP contribution is 2.35. The number of ether oxygens (including phenoxy) is 1. The first-order valence-electron chi connectivity index (χ1n) is 11.6. The van der Waals surface area contributed by atoms with E-state index < -0.39 is 0 Å². The molecule has 0 aliphatic carbocycles. The molecule has 0 saturated heterocycles. The predicted molar refractivity (Wildman–Crippen MR) is 137 cm³/mol. The van der Waals surface area contributed by atoms with E-state index in [0.717, 1.165) is 23.1 Å². The van der Waals surface area contributed by atoms with E-state index in [1.54, 1.807) is 54.5 Å². The Hall–Kier alpha value is -4.66. The number of hydrogen-bond acceptors (Lipinski definition) is 6. The lowest BCUT2D eigenvalue weighted by atomic mass is 10.0. The summed E-state index contributed by atoms with van der Waals surface area (Å²) in [6.07, 6.45) is 6.07. The fraction of sp³-hybridized carbons (Fsp3) is 0.185. The van der Waals surface area contributed by atoms with Crippen LogP contribution in [0.5, 0.6) is 11.6 Å². The Balaban J connectivity index is 1.45. The molecular formula is C27H26N6O3. The fourth-order valence-electron chi connectivity index (χ4n) is 4.23. The number of carbonyl (C=O) groups excluding carboxylic acids is 1. The van der Waals surface area contributed by atoms with Crippen LogP contribution in [-0.4, -0.2) is 42.9 Å². The van der Waals surface area contributed by atoms with Gasteiger partial charge in [0.1, 0.15) is 11.6 Å². The maximum Gasteiger partial charge on any atom is 0.251 e. The number of phenols is 1. The third kappa shape index (κ3) is 4.38. The summed E-state index contributed by atoms with van der Waals surface area (Å²) < 4.78 is 7.10. The zero-order valence-electron chi connectivity index (χ0n) is 20.2. The summed E-state index contributed by atoms with van der Waals surface area (Å²) in [7, 11) is 3.42. The van der Waals surface area contributed by atoms with E-state index in [2.05, 4.69) is 25.4 Å². The summed E-state index contributed by atoms with van der Waals surface area (Å²) in [5.41, 5.74) is 5.00. The summed E-state index contributed by atoms with van der Waals surface area (Å²) in [6, 6.07) is 14.2. The van der Waals surface area contributed by atoms with Crippen molar-refractivity contribution in [3.8, 4) is 34.1 Å². The normalized spacial score (nSPS) is 12.0. The molecule has 9 heteroatoms. The third-order valence-corrected chi connectivity index (χ3v) is 6.11. The van der Waals surface area contributed by atoms with Crippen molar-refractivity contribution < 1.29 is 14.6 Å². The molecule has 5 rings (SSSR count). The van der Waals surface area contributed by atoms with Crippen molar-refractivity contribution in [3.63, 3.8) is 0 Å². The Kier molecular flexibility index (Phi) is 6.12. The first-order chi connectivity index (χ1) is 17.5. The number of pyridine rings is 1. The van der Waals surface area contributed by atoms with Crippen molar-refractivity contribution in [1.29, 1.82) is 0 Å². The number of fused-ring (bicyclic) bond motifs is 1. The van der Waals surface area contributed by atoms with Gasteiger partial charge in [0.15, 0.2) is 0 Å². The van der Waals surface area contributed by atoms with Crippen LogP contribution in [0.3, 0.4) is 0 Å². The Bertz CT molecular complexity index is 1550. The lowest BCUT2D eigenvalue weighted by molar-refractivity contribution is 0.0935. The van der Waals surface area contributed by atoms with E-state index in [1.165, 1.54) is 0 Å². The van der Waals surface area contributed by atoms with E-state index in [9.17, 15) is 9.90 Å². The minimum atomic E-state index is -0.183. The number of benzene rings is 2. The van der Waals surface area contributed by atoms with Crippen LogP contribution in [-0.2, 0) is 7.05 Å². The molecule has 0 saturated carbocycles. The molecular weight excluding hydrogens is 456 g/mol. The van der Waals surface area contributed by atoms with Gasteiger partial charge in [-0.3, -0.25) is 9.48 Å². The molecule has 3 N–H and O–H groups in total. The van der Waals surface area contributed by atoms with Crippen LogP contribution in [0.4, 0.5) is 0 Å². The van der Waals surface area contributed by atoms with Crippen molar-refractivity contribution in [3.05, 3.63) is 78.2 Å². The topological polar surface area (TPSA) is 118 Å². The standard InChI is InChI=1S/C27H26N6O3/c1-4-21(18-14-29-33(2)15-18)32-26(35)17-7-9-22-23(13-17)31-25(30-22)20-12-16(8-10-24(20)34)19-6-5-11-28-27(19)36-3/h5-15,21,34H,4H2,1-3H3,(H,30,31)(H,32,35). The molecule has 0 fully saturated rings. The lowest BCUT2D eigenvalue weighted by Crippen LogP contribution is -2.27. The van der Waals surface area contributed by atoms with Crippen LogP contribution < -0.4 is 10.1 Å². The number of H-pyrrole nitrogens is 1.